The summed E-state index contributed by atoms with van der Waals surface area (Å²) in [5.74, 6) is 5.96. The van der Waals surface area contributed by atoms with Crippen molar-refractivity contribution in [3.8, 4) is 17.6 Å². The first-order chi connectivity index (χ1) is 19.9. The number of fused-ring (bicyclic) bond motifs is 1. The molecule has 2 aromatic carbocycles. The molecule has 0 radical (unpaired) electrons. The predicted molar refractivity (Wildman–Crippen MR) is 161 cm³/mol. The summed E-state index contributed by atoms with van der Waals surface area (Å²) in [6.45, 7) is -0.324. The maximum absolute atomic E-state index is 13.6. The molecule has 0 unspecified atom stereocenters. The second-order valence-corrected chi connectivity index (χ2v) is 13.0. The fourth-order valence-corrected chi connectivity index (χ4v) is 6.78. The second kappa shape index (κ2) is 13.5. The van der Waals surface area contributed by atoms with Gasteiger partial charge in [0.25, 0.3) is 0 Å². The van der Waals surface area contributed by atoms with Crippen LogP contribution in [0, 0.1) is 11.8 Å². The number of hydrogen-bond acceptors (Lipinski definition) is 8. The van der Waals surface area contributed by atoms with Gasteiger partial charge in [0.1, 0.15) is 12.4 Å². The number of benzene rings is 2. The minimum atomic E-state index is -4.40. The molecule has 1 aromatic heterocycles. The first-order valence-electron chi connectivity index (χ1n) is 13.5. The second-order valence-electron chi connectivity index (χ2n) is 10.4. The highest BCUT2D eigenvalue weighted by atomic mass is 32.2. The van der Waals surface area contributed by atoms with E-state index in [1.807, 2.05) is 6.07 Å². The van der Waals surface area contributed by atoms with Crippen LogP contribution in [0.15, 0.2) is 41.3 Å². The van der Waals surface area contributed by atoms with Gasteiger partial charge in [0, 0.05) is 18.2 Å². The molecular weight excluding hydrogens is 589 g/mol. The van der Waals surface area contributed by atoms with E-state index in [0.29, 0.717) is 22.0 Å². The molecular formula is C29H35F3N4O4S2. The van der Waals surface area contributed by atoms with Crippen LogP contribution in [0.1, 0.15) is 36.1 Å². The van der Waals surface area contributed by atoms with Crippen LogP contribution < -0.4 is 20.5 Å². The molecule has 5 N–H and O–H groups in total. The number of nitrogens with zero attached hydrogens (tertiary/aromatic N) is 1. The molecule has 0 bridgehead atoms. The molecule has 1 saturated carbocycles. The van der Waals surface area contributed by atoms with E-state index in [-0.39, 0.29) is 42.0 Å². The summed E-state index contributed by atoms with van der Waals surface area (Å²) in [5.41, 5.74) is 1.37. The molecule has 1 aliphatic carbocycles. The maximum atomic E-state index is 13.6. The topological polar surface area (TPSA) is 117 Å². The van der Waals surface area contributed by atoms with Crippen molar-refractivity contribution in [3.63, 3.8) is 0 Å². The number of halogens is 3. The van der Waals surface area contributed by atoms with Gasteiger partial charge in [0.2, 0.25) is 10.0 Å². The monoisotopic (exact) mass is 624 g/mol. The van der Waals surface area contributed by atoms with Crippen LogP contribution in [0.5, 0.6) is 5.75 Å². The van der Waals surface area contributed by atoms with E-state index in [9.17, 15) is 21.6 Å². The highest BCUT2D eigenvalue weighted by molar-refractivity contribution is 7.89. The molecule has 4 rings (SSSR count). The summed E-state index contributed by atoms with van der Waals surface area (Å²) in [6.07, 6.45) is -1.39. The van der Waals surface area contributed by atoms with Gasteiger partial charge in [0.15, 0.2) is 0 Å². The summed E-state index contributed by atoms with van der Waals surface area (Å²) in [6, 6.07) is 10.2. The van der Waals surface area contributed by atoms with E-state index in [1.54, 1.807) is 12.1 Å². The van der Waals surface area contributed by atoms with Gasteiger partial charge in [-0.2, -0.15) is 13.2 Å². The van der Waals surface area contributed by atoms with Crippen molar-refractivity contribution in [2.75, 3.05) is 44.5 Å². The Balaban J connectivity index is 1.57. The quantitative estimate of drug-likeness (QED) is 0.240. The highest BCUT2D eigenvalue weighted by Gasteiger charge is 2.31. The van der Waals surface area contributed by atoms with Crippen LogP contribution in [0.4, 0.5) is 24.5 Å². The van der Waals surface area contributed by atoms with Gasteiger partial charge in [-0.3, -0.25) is 0 Å². The number of anilines is 2. The summed E-state index contributed by atoms with van der Waals surface area (Å²) >= 11 is 1.25. The maximum Gasteiger partial charge on any atom is 0.393 e. The average Bonchev–Trinajstić information content (AvgIpc) is 3.26. The van der Waals surface area contributed by atoms with Gasteiger partial charge < -0.3 is 25.4 Å². The standard InChI is InChI=1S/C29H35F3N4O4S2/c1-36(2)20-10-8-19(9-11-20)35-25-6-3-5-22-23(18-29(30,31)32)27(41-28(22)25)7-4-14-34-24-13-12-21(42(33,38)39)17-26(24)40-16-15-37/h3,5-6,12-13,17,19-20,34-35,37H,8-11,14-16,18H2,1-2H3,(H2,33,38,39). The van der Waals surface area contributed by atoms with E-state index in [2.05, 4.69) is 41.5 Å². The third-order valence-corrected chi connectivity index (χ3v) is 9.29. The number of rotatable bonds is 10. The lowest BCUT2D eigenvalue weighted by Crippen LogP contribution is -2.36. The minimum Gasteiger partial charge on any atom is -0.489 e. The number of aliphatic hydroxyl groups is 1. The highest BCUT2D eigenvalue weighted by Crippen LogP contribution is 2.40. The Labute approximate surface area is 248 Å². The van der Waals surface area contributed by atoms with Crippen LogP contribution in [0.25, 0.3) is 10.1 Å². The summed E-state index contributed by atoms with van der Waals surface area (Å²) in [4.78, 5) is 2.42. The van der Waals surface area contributed by atoms with Gasteiger partial charge in [-0.15, -0.1) is 11.3 Å². The summed E-state index contributed by atoms with van der Waals surface area (Å²) in [5, 5.41) is 21.4. The SMILES string of the molecule is CN(C)C1CCC(Nc2cccc3c(CC(F)(F)F)c(C#CCNc4ccc(S(N)(=O)=O)cc4OCCO)sc23)CC1. The molecule has 1 heterocycles. The molecule has 0 saturated heterocycles. The van der Waals surface area contributed by atoms with E-state index >= 15 is 0 Å². The molecule has 8 nitrogen and oxygen atoms in total. The number of nitrogens with one attached hydrogen (secondary N) is 2. The molecule has 0 spiro atoms. The molecule has 0 atom stereocenters. The molecule has 228 valence electrons. The van der Waals surface area contributed by atoms with Gasteiger partial charge >= 0.3 is 6.18 Å². The van der Waals surface area contributed by atoms with Crippen molar-refractivity contribution < 1.29 is 31.4 Å². The number of hydrogen-bond donors (Lipinski definition) is 4. The smallest absolute Gasteiger partial charge is 0.393 e. The summed E-state index contributed by atoms with van der Waals surface area (Å²) < 4.78 is 70.4. The first-order valence-corrected chi connectivity index (χ1v) is 15.9. The largest absolute Gasteiger partial charge is 0.489 e. The number of nitrogens with two attached hydrogens (primary N) is 1. The number of primary sulfonamides is 1. The average molecular weight is 625 g/mol. The number of sulfonamides is 1. The summed E-state index contributed by atoms with van der Waals surface area (Å²) in [7, 11) is 0.189. The van der Waals surface area contributed by atoms with E-state index in [0.717, 1.165) is 36.1 Å². The Hall–Kier alpha value is -3.02. The lowest BCUT2D eigenvalue weighted by molar-refractivity contribution is -0.126. The number of alkyl halides is 3. The van der Waals surface area contributed by atoms with Crippen LogP contribution in [-0.4, -0.2) is 70.5 Å². The van der Waals surface area contributed by atoms with Gasteiger partial charge in [-0.1, -0.05) is 24.0 Å². The molecule has 1 fully saturated rings. The van der Waals surface area contributed by atoms with E-state index < -0.39 is 22.6 Å². The Morgan fingerprint density at radius 3 is 2.52 bits per heavy atom. The fourth-order valence-electron chi connectivity index (χ4n) is 5.08. The van der Waals surface area contributed by atoms with Crippen molar-refractivity contribution in [3.05, 3.63) is 46.8 Å². The molecule has 0 amide bonds. The van der Waals surface area contributed by atoms with Gasteiger partial charge in [-0.25, -0.2) is 13.6 Å². The zero-order chi connectivity index (χ0) is 30.5. The van der Waals surface area contributed by atoms with Gasteiger partial charge in [-0.05, 0) is 68.9 Å². The van der Waals surface area contributed by atoms with Crippen molar-refractivity contribution in [2.45, 2.75) is 55.3 Å². The lowest BCUT2D eigenvalue weighted by atomic mass is 9.90. The Bertz CT molecular complexity index is 1550. The number of thiophene rings is 1. The molecule has 13 heteroatoms. The van der Waals surface area contributed by atoms with E-state index in [1.165, 1.54) is 29.5 Å². The lowest BCUT2D eigenvalue weighted by Gasteiger charge is -2.33. The molecule has 1 aliphatic rings. The number of ether oxygens (including phenoxy) is 1. The van der Waals surface area contributed by atoms with Crippen LogP contribution >= 0.6 is 11.3 Å². The minimum absolute atomic E-state index is 0.0458. The first kappa shape index (κ1) is 31.9. The zero-order valence-corrected chi connectivity index (χ0v) is 25.1. The zero-order valence-electron chi connectivity index (χ0n) is 23.4. The van der Waals surface area contributed by atoms with Crippen LogP contribution in [-0.2, 0) is 16.4 Å². The molecule has 42 heavy (non-hydrogen) atoms. The Kier molecular flexibility index (Phi) is 10.3. The number of aliphatic hydroxyl groups excluding tert-OH is 1. The predicted octanol–water partition coefficient (Wildman–Crippen LogP) is 4.77. The van der Waals surface area contributed by atoms with Crippen LogP contribution in [0.3, 0.4) is 0 Å². The fraction of sp³-hybridized carbons (Fsp3) is 0.448. The van der Waals surface area contributed by atoms with Crippen LogP contribution in [0.2, 0.25) is 0 Å². The Morgan fingerprint density at radius 1 is 1.14 bits per heavy atom. The molecule has 0 aliphatic heterocycles. The van der Waals surface area contributed by atoms with Crippen molar-refractivity contribution >= 4 is 42.8 Å². The van der Waals surface area contributed by atoms with Crippen molar-refractivity contribution in [1.29, 1.82) is 0 Å². The third-order valence-electron chi connectivity index (χ3n) is 7.18. The van der Waals surface area contributed by atoms with Gasteiger partial charge in [0.05, 0.1) is 45.4 Å². The molecule has 3 aromatic rings. The normalized spacial score (nSPS) is 17.6. The van der Waals surface area contributed by atoms with Crippen molar-refractivity contribution in [1.82, 2.24) is 4.90 Å². The Morgan fingerprint density at radius 2 is 1.88 bits per heavy atom. The van der Waals surface area contributed by atoms with E-state index in [4.69, 9.17) is 15.0 Å². The van der Waals surface area contributed by atoms with Crippen molar-refractivity contribution in [2.24, 2.45) is 5.14 Å². The third kappa shape index (κ3) is 8.29.